The Bertz CT molecular complexity index is 2740. The standard InChI is InChI=1S/C46H27N3S2/c1-3-14-28(15-4-1)43-47-44(29-16-5-2-6-17-29)49-45(48-43)32-20-13-25-39-42(32)33-26-37-41(27-40(33)51-39)50-38-24-12-11-23-36(38)46(37)34-21-9-7-18-30(34)31-19-8-10-22-35(31)46/h1-27H. The average molecular weight is 686 g/mol. The molecule has 0 saturated carbocycles. The summed E-state index contributed by atoms with van der Waals surface area (Å²) < 4.78 is 2.48. The molecule has 0 atom stereocenters. The van der Waals surface area contributed by atoms with E-state index in [9.17, 15) is 0 Å². The van der Waals surface area contributed by atoms with Crippen molar-refractivity contribution < 1.29 is 0 Å². The zero-order chi connectivity index (χ0) is 33.5. The van der Waals surface area contributed by atoms with E-state index in [0.29, 0.717) is 17.5 Å². The summed E-state index contributed by atoms with van der Waals surface area (Å²) in [5.41, 5.74) is 10.5. The lowest BCUT2D eigenvalue weighted by atomic mass is 9.67. The van der Waals surface area contributed by atoms with Crippen LogP contribution in [-0.2, 0) is 5.41 Å². The summed E-state index contributed by atoms with van der Waals surface area (Å²) in [7, 11) is 0. The summed E-state index contributed by atoms with van der Waals surface area (Å²) in [4.78, 5) is 17.9. The van der Waals surface area contributed by atoms with Crippen LogP contribution in [0.1, 0.15) is 22.3 Å². The van der Waals surface area contributed by atoms with Crippen LogP contribution in [0.5, 0.6) is 0 Å². The van der Waals surface area contributed by atoms with Crippen LogP contribution in [0.25, 0.3) is 65.5 Å². The molecule has 2 aromatic heterocycles. The van der Waals surface area contributed by atoms with Gasteiger partial charge in [0.2, 0.25) is 0 Å². The third-order valence-corrected chi connectivity index (χ3v) is 12.7. The summed E-state index contributed by atoms with van der Waals surface area (Å²) in [6.07, 6.45) is 0. The molecule has 51 heavy (non-hydrogen) atoms. The summed E-state index contributed by atoms with van der Waals surface area (Å²) in [5, 5.41) is 2.41. The summed E-state index contributed by atoms with van der Waals surface area (Å²) >= 11 is 3.73. The Kier molecular flexibility index (Phi) is 6.27. The number of rotatable bonds is 3. The van der Waals surface area contributed by atoms with Crippen LogP contribution in [0.15, 0.2) is 174 Å². The highest BCUT2D eigenvalue weighted by molar-refractivity contribution is 7.99. The molecule has 0 bridgehead atoms. The van der Waals surface area contributed by atoms with Crippen molar-refractivity contribution in [3.8, 4) is 45.3 Å². The topological polar surface area (TPSA) is 38.7 Å². The highest BCUT2D eigenvalue weighted by atomic mass is 32.2. The number of nitrogens with zero attached hydrogens (tertiary/aromatic N) is 3. The second kappa shape index (κ2) is 11.1. The Hall–Kier alpha value is -5.88. The van der Waals surface area contributed by atoms with E-state index in [-0.39, 0.29) is 0 Å². The molecule has 3 nitrogen and oxygen atoms in total. The fourth-order valence-corrected chi connectivity index (χ4v) is 10.7. The van der Waals surface area contributed by atoms with Crippen molar-refractivity contribution in [1.29, 1.82) is 0 Å². The Labute approximate surface area is 303 Å². The predicted molar refractivity (Wildman–Crippen MR) is 210 cm³/mol. The highest BCUT2D eigenvalue weighted by Gasteiger charge is 2.50. The van der Waals surface area contributed by atoms with Crippen LogP contribution >= 0.6 is 23.1 Å². The van der Waals surface area contributed by atoms with Crippen molar-refractivity contribution in [2.75, 3.05) is 0 Å². The van der Waals surface area contributed by atoms with Gasteiger partial charge in [0, 0.05) is 46.7 Å². The van der Waals surface area contributed by atoms with Crippen molar-refractivity contribution in [3.63, 3.8) is 0 Å². The normalized spacial score (nSPS) is 13.6. The second-order valence-corrected chi connectivity index (χ2v) is 15.3. The maximum absolute atomic E-state index is 5.16. The van der Waals surface area contributed by atoms with Crippen LogP contribution in [-0.4, -0.2) is 15.0 Å². The minimum Gasteiger partial charge on any atom is -0.208 e. The molecule has 3 heterocycles. The quantitative estimate of drug-likeness (QED) is 0.186. The minimum atomic E-state index is -0.435. The van der Waals surface area contributed by atoms with Gasteiger partial charge in [-0.05, 0) is 57.6 Å². The number of hydrogen-bond donors (Lipinski definition) is 0. The van der Waals surface area contributed by atoms with Crippen molar-refractivity contribution in [3.05, 3.63) is 186 Å². The highest BCUT2D eigenvalue weighted by Crippen LogP contribution is 2.63. The predicted octanol–water partition coefficient (Wildman–Crippen LogP) is 12.1. The van der Waals surface area contributed by atoms with Crippen LogP contribution in [0.3, 0.4) is 0 Å². The summed E-state index contributed by atoms with van der Waals surface area (Å²) in [5.74, 6) is 2.01. The molecule has 0 radical (unpaired) electrons. The molecule has 5 heteroatoms. The van der Waals surface area contributed by atoms with Gasteiger partial charge in [-0.1, -0.05) is 151 Å². The van der Waals surface area contributed by atoms with E-state index < -0.39 is 5.41 Å². The van der Waals surface area contributed by atoms with E-state index in [1.807, 2.05) is 59.5 Å². The molecule has 1 aliphatic heterocycles. The first-order valence-corrected chi connectivity index (χ1v) is 18.7. The Morgan fingerprint density at radius 3 is 1.61 bits per heavy atom. The third kappa shape index (κ3) is 4.16. The van der Waals surface area contributed by atoms with E-state index in [0.717, 1.165) is 16.7 Å². The lowest BCUT2D eigenvalue weighted by molar-refractivity contribution is 0.724. The molecule has 0 fully saturated rings. The van der Waals surface area contributed by atoms with Crippen LogP contribution in [0, 0.1) is 0 Å². The number of thiophene rings is 1. The number of fused-ring (bicyclic) bond motifs is 12. The average Bonchev–Trinajstić information content (AvgIpc) is 3.71. The summed E-state index contributed by atoms with van der Waals surface area (Å²) in [6, 6.07) is 58.9. The molecule has 0 N–H and O–H groups in total. The van der Waals surface area contributed by atoms with E-state index in [1.54, 1.807) is 0 Å². The molecule has 7 aromatic carbocycles. The Morgan fingerprint density at radius 2 is 0.941 bits per heavy atom. The van der Waals surface area contributed by atoms with Gasteiger partial charge < -0.3 is 0 Å². The van der Waals surface area contributed by atoms with E-state index in [1.165, 1.54) is 63.3 Å². The van der Waals surface area contributed by atoms with Crippen molar-refractivity contribution in [1.82, 2.24) is 15.0 Å². The third-order valence-electron chi connectivity index (χ3n) is 10.4. The molecule has 1 aliphatic carbocycles. The monoisotopic (exact) mass is 685 g/mol. The lowest BCUT2D eigenvalue weighted by Crippen LogP contribution is -2.31. The van der Waals surface area contributed by atoms with Crippen LogP contribution in [0.4, 0.5) is 0 Å². The van der Waals surface area contributed by atoms with E-state index in [4.69, 9.17) is 15.0 Å². The molecule has 238 valence electrons. The van der Waals surface area contributed by atoms with Gasteiger partial charge >= 0.3 is 0 Å². The van der Waals surface area contributed by atoms with E-state index >= 15 is 0 Å². The van der Waals surface area contributed by atoms with E-state index in [2.05, 4.69) is 127 Å². The van der Waals surface area contributed by atoms with Gasteiger partial charge in [-0.2, -0.15) is 0 Å². The molecule has 0 amide bonds. The van der Waals surface area contributed by atoms with Gasteiger partial charge in [0.25, 0.3) is 0 Å². The lowest BCUT2D eigenvalue weighted by Gasteiger charge is -2.39. The van der Waals surface area contributed by atoms with Crippen LogP contribution < -0.4 is 0 Å². The number of benzene rings is 7. The largest absolute Gasteiger partial charge is 0.208 e. The first-order chi connectivity index (χ1) is 25.3. The van der Waals surface area contributed by atoms with Crippen molar-refractivity contribution in [2.24, 2.45) is 0 Å². The molecule has 11 rings (SSSR count). The fraction of sp³-hybridized carbons (Fsp3) is 0.0217. The van der Waals surface area contributed by atoms with Gasteiger partial charge in [-0.3, -0.25) is 0 Å². The smallest absolute Gasteiger partial charge is 0.164 e. The van der Waals surface area contributed by atoms with Gasteiger partial charge in [0.15, 0.2) is 17.5 Å². The molecule has 1 spiro atoms. The summed E-state index contributed by atoms with van der Waals surface area (Å²) in [6.45, 7) is 0. The maximum atomic E-state index is 5.16. The van der Waals surface area contributed by atoms with Crippen molar-refractivity contribution in [2.45, 2.75) is 15.2 Å². The van der Waals surface area contributed by atoms with Gasteiger partial charge in [-0.25, -0.2) is 15.0 Å². The molecular weight excluding hydrogens is 659 g/mol. The zero-order valence-electron chi connectivity index (χ0n) is 27.2. The molecule has 2 aliphatic rings. The maximum Gasteiger partial charge on any atom is 0.164 e. The zero-order valence-corrected chi connectivity index (χ0v) is 28.9. The van der Waals surface area contributed by atoms with Crippen molar-refractivity contribution >= 4 is 43.3 Å². The minimum absolute atomic E-state index is 0.435. The Balaban J connectivity index is 1.22. The Morgan fingerprint density at radius 1 is 0.392 bits per heavy atom. The number of aromatic nitrogens is 3. The van der Waals surface area contributed by atoms with Gasteiger partial charge in [-0.15, -0.1) is 11.3 Å². The first-order valence-electron chi connectivity index (χ1n) is 17.1. The molecule has 9 aromatic rings. The number of hydrogen-bond acceptors (Lipinski definition) is 5. The molecule has 0 unspecified atom stereocenters. The SMILES string of the molecule is c1ccc(-c2nc(-c3ccccc3)nc(-c3cccc4sc5cc6c(cc5c34)C3(c4ccccc4S6)c4ccccc4-c4ccccc43)n2)cc1. The van der Waals surface area contributed by atoms with Gasteiger partial charge in [0.05, 0.1) is 5.41 Å². The first kappa shape index (κ1) is 28.9. The molecule has 0 saturated heterocycles. The fourth-order valence-electron chi connectivity index (χ4n) is 8.29. The second-order valence-electron chi connectivity index (χ2n) is 13.1. The van der Waals surface area contributed by atoms with Gasteiger partial charge in [0.1, 0.15) is 0 Å². The molecular formula is C46H27N3S2. The van der Waals surface area contributed by atoms with Crippen LogP contribution in [0.2, 0.25) is 0 Å².